The summed E-state index contributed by atoms with van der Waals surface area (Å²) in [7, 11) is 1.80. The highest BCUT2D eigenvalue weighted by molar-refractivity contribution is 8.01. The van der Waals surface area contributed by atoms with Crippen molar-refractivity contribution in [3.8, 4) is 0 Å². The van der Waals surface area contributed by atoms with E-state index in [1.165, 1.54) is 0 Å². The first-order valence-corrected chi connectivity index (χ1v) is 9.07. The summed E-state index contributed by atoms with van der Waals surface area (Å²) in [5.41, 5.74) is 1.61. The van der Waals surface area contributed by atoms with Gasteiger partial charge in [0.05, 0.1) is 23.2 Å². The second-order valence-electron chi connectivity index (χ2n) is 6.45. The fourth-order valence-electron chi connectivity index (χ4n) is 3.36. The first-order chi connectivity index (χ1) is 11.7. The molecule has 0 N–H and O–H groups in total. The Hall–Kier alpha value is -1.86. The molecular weight excluding hydrogens is 324 g/mol. The Kier molecular flexibility index (Phi) is 4.05. The number of carbonyl (C=O) groups excluding carboxylic acids is 1. The fourth-order valence-corrected chi connectivity index (χ4v) is 4.91. The quantitative estimate of drug-likeness (QED) is 0.845. The average molecular weight is 344 g/mol. The highest BCUT2D eigenvalue weighted by Crippen LogP contribution is 2.46. The Bertz CT molecular complexity index is 727. The molecule has 2 aromatic rings. The molecule has 4 heterocycles. The SMILES string of the molecule is Cn1nccc1C(=O)N1CC2(C[C@H](OCc3ccccn3)CS2)C1. The molecule has 2 aromatic heterocycles. The molecule has 2 aliphatic heterocycles. The molecule has 1 spiro atoms. The van der Waals surface area contributed by atoms with Crippen LogP contribution >= 0.6 is 11.8 Å². The van der Waals surface area contributed by atoms with Crippen molar-refractivity contribution in [3.05, 3.63) is 48.0 Å². The zero-order valence-corrected chi connectivity index (χ0v) is 14.4. The van der Waals surface area contributed by atoms with Gasteiger partial charge in [0.2, 0.25) is 0 Å². The lowest BCUT2D eigenvalue weighted by Crippen LogP contribution is -2.61. The number of likely N-dealkylation sites (tertiary alicyclic amines) is 1. The molecule has 0 unspecified atom stereocenters. The van der Waals surface area contributed by atoms with E-state index in [-0.39, 0.29) is 16.8 Å². The van der Waals surface area contributed by atoms with Crippen LogP contribution in [0, 0.1) is 0 Å². The minimum atomic E-state index is 0.0686. The van der Waals surface area contributed by atoms with Crippen molar-refractivity contribution in [1.82, 2.24) is 19.7 Å². The van der Waals surface area contributed by atoms with Crippen LogP contribution in [-0.4, -0.2) is 55.3 Å². The van der Waals surface area contributed by atoms with Gasteiger partial charge in [0.15, 0.2) is 0 Å². The molecule has 1 atom stereocenters. The van der Waals surface area contributed by atoms with E-state index < -0.39 is 0 Å². The largest absolute Gasteiger partial charge is 0.371 e. The van der Waals surface area contributed by atoms with Crippen LogP contribution in [0.3, 0.4) is 0 Å². The van der Waals surface area contributed by atoms with Crippen LogP contribution in [0.15, 0.2) is 36.7 Å². The normalized spacial score (nSPS) is 21.9. The summed E-state index contributed by atoms with van der Waals surface area (Å²) in [4.78, 5) is 18.7. The van der Waals surface area contributed by atoms with Crippen LogP contribution in [0.25, 0.3) is 0 Å². The van der Waals surface area contributed by atoms with E-state index in [9.17, 15) is 4.79 Å². The van der Waals surface area contributed by atoms with Gasteiger partial charge in [-0.1, -0.05) is 6.07 Å². The number of hydrogen-bond acceptors (Lipinski definition) is 5. The van der Waals surface area contributed by atoms with Crippen LogP contribution in [0.2, 0.25) is 0 Å². The highest BCUT2D eigenvalue weighted by Gasteiger charge is 2.51. The third kappa shape index (κ3) is 2.93. The molecule has 0 saturated carbocycles. The van der Waals surface area contributed by atoms with Gasteiger partial charge in [-0.2, -0.15) is 5.10 Å². The Labute approximate surface area is 145 Å². The van der Waals surface area contributed by atoms with Gasteiger partial charge in [0, 0.05) is 38.3 Å². The van der Waals surface area contributed by atoms with Crippen molar-refractivity contribution in [2.45, 2.75) is 23.9 Å². The molecule has 0 aromatic carbocycles. The second kappa shape index (κ2) is 6.22. The van der Waals surface area contributed by atoms with Gasteiger partial charge in [-0.3, -0.25) is 14.5 Å². The number of aromatic nitrogens is 3. The van der Waals surface area contributed by atoms with Crippen molar-refractivity contribution in [1.29, 1.82) is 0 Å². The number of aryl methyl sites for hydroxylation is 1. The molecule has 126 valence electrons. The van der Waals surface area contributed by atoms with Gasteiger partial charge in [-0.05, 0) is 24.6 Å². The molecule has 7 heteroatoms. The van der Waals surface area contributed by atoms with Crippen LogP contribution in [0.1, 0.15) is 22.6 Å². The first kappa shape index (κ1) is 15.7. The maximum absolute atomic E-state index is 12.5. The Morgan fingerprint density at radius 1 is 1.38 bits per heavy atom. The van der Waals surface area contributed by atoms with Gasteiger partial charge < -0.3 is 9.64 Å². The number of ether oxygens (including phenoxy) is 1. The Balaban J connectivity index is 1.29. The molecule has 2 saturated heterocycles. The predicted octanol–water partition coefficient (Wildman–Crippen LogP) is 1.73. The maximum atomic E-state index is 12.5. The Morgan fingerprint density at radius 2 is 2.25 bits per heavy atom. The third-order valence-electron chi connectivity index (χ3n) is 4.65. The van der Waals surface area contributed by atoms with Crippen molar-refractivity contribution >= 4 is 17.7 Å². The summed E-state index contributed by atoms with van der Waals surface area (Å²) in [6, 6.07) is 7.64. The Morgan fingerprint density at radius 3 is 2.96 bits per heavy atom. The summed E-state index contributed by atoms with van der Waals surface area (Å²) in [6.07, 6.45) is 4.69. The van der Waals surface area contributed by atoms with E-state index >= 15 is 0 Å². The molecule has 0 aliphatic carbocycles. The molecule has 2 fully saturated rings. The zero-order chi connectivity index (χ0) is 16.6. The summed E-state index contributed by atoms with van der Waals surface area (Å²) >= 11 is 1.94. The molecule has 1 amide bonds. The maximum Gasteiger partial charge on any atom is 0.272 e. The van der Waals surface area contributed by atoms with Gasteiger partial charge >= 0.3 is 0 Å². The standard InChI is InChI=1S/C17H20N4O2S/c1-20-15(5-7-19-20)16(22)21-11-17(12-21)8-14(10-24-17)23-9-13-4-2-3-6-18-13/h2-7,14H,8-12H2,1H3/t14-/m0/s1. The number of nitrogens with zero attached hydrogens (tertiary/aromatic N) is 4. The monoisotopic (exact) mass is 344 g/mol. The van der Waals surface area contributed by atoms with E-state index in [0.717, 1.165) is 31.0 Å². The number of carbonyl (C=O) groups is 1. The smallest absolute Gasteiger partial charge is 0.272 e. The zero-order valence-electron chi connectivity index (χ0n) is 13.6. The summed E-state index contributed by atoms with van der Waals surface area (Å²) in [6.45, 7) is 2.15. The van der Waals surface area contributed by atoms with E-state index in [4.69, 9.17) is 4.74 Å². The average Bonchev–Trinajstić information content (AvgIpc) is 3.18. The van der Waals surface area contributed by atoms with Crippen LogP contribution in [0.5, 0.6) is 0 Å². The van der Waals surface area contributed by atoms with Gasteiger partial charge in [0.25, 0.3) is 5.91 Å². The van der Waals surface area contributed by atoms with Crippen molar-refractivity contribution in [2.75, 3.05) is 18.8 Å². The lowest BCUT2D eigenvalue weighted by atomic mass is 9.92. The summed E-state index contributed by atoms with van der Waals surface area (Å²) in [5, 5.41) is 4.07. The van der Waals surface area contributed by atoms with E-state index in [1.54, 1.807) is 30.2 Å². The van der Waals surface area contributed by atoms with Crippen LogP contribution in [0.4, 0.5) is 0 Å². The third-order valence-corrected chi connectivity index (χ3v) is 6.23. The molecule has 6 nitrogen and oxygen atoms in total. The number of thioether (sulfide) groups is 1. The number of pyridine rings is 1. The van der Waals surface area contributed by atoms with Gasteiger partial charge in [0.1, 0.15) is 5.69 Å². The van der Waals surface area contributed by atoms with Crippen molar-refractivity contribution in [3.63, 3.8) is 0 Å². The van der Waals surface area contributed by atoms with E-state index in [0.29, 0.717) is 12.3 Å². The fraction of sp³-hybridized carbons (Fsp3) is 0.471. The lowest BCUT2D eigenvalue weighted by molar-refractivity contribution is 0.0241. The van der Waals surface area contributed by atoms with E-state index in [2.05, 4.69) is 10.1 Å². The van der Waals surface area contributed by atoms with Crippen LogP contribution < -0.4 is 0 Å². The number of amides is 1. The molecule has 24 heavy (non-hydrogen) atoms. The lowest BCUT2D eigenvalue weighted by Gasteiger charge is -2.47. The molecule has 4 rings (SSSR count). The minimum Gasteiger partial charge on any atom is -0.371 e. The molecule has 0 radical (unpaired) electrons. The summed E-state index contributed by atoms with van der Waals surface area (Å²) in [5.74, 6) is 1.06. The van der Waals surface area contributed by atoms with Gasteiger partial charge in [-0.25, -0.2) is 0 Å². The van der Waals surface area contributed by atoms with Crippen LogP contribution in [-0.2, 0) is 18.4 Å². The van der Waals surface area contributed by atoms with Gasteiger partial charge in [-0.15, -0.1) is 11.8 Å². The predicted molar refractivity (Wildman–Crippen MR) is 91.7 cm³/mol. The topological polar surface area (TPSA) is 60.2 Å². The first-order valence-electron chi connectivity index (χ1n) is 8.08. The minimum absolute atomic E-state index is 0.0686. The molecular formula is C17H20N4O2S. The van der Waals surface area contributed by atoms with Crippen molar-refractivity contribution < 1.29 is 9.53 Å². The molecule has 0 bridgehead atoms. The number of rotatable bonds is 4. The summed E-state index contributed by atoms with van der Waals surface area (Å²) < 4.78 is 7.81. The second-order valence-corrected chi connectivity index (χ2v) is 7.94. The molecule has 2 aliphatic rings. The van der Waals surface area contributed by atoms with Crippen molar-refractivity contribution in [2.24, 2.45) is 7.05 Å². The van der Waals surface area contributed by atoms with E-state index in [1.807, 2.05) is 34.9 Å². The number of hydrogen-bond donors (Lipinski definition) is 0. The highest BCUT2D eigenvalue weighted by atomic mass is 32.2.